The van der Waals surface area contributed by atoms with Crippen molar-refractivity contribution in [1.29, 1.82) is 0 Å². The third-order valence-corrected chi connectivity index (χ3v) is 7.80. The average molecular weight is 426 g/mol. The van der Waals surface area contributed by atoms with E-state index in [9.17, 15) is 43.2 Å². The molecule has 0 aromatic heterocycles. The van der Waals surface area contributed by atoms with Crippen LogP contribution in [0.1, 0.15) is 11.1 Å². The van der Waals surface area contributed by atoms with Gasteiger partial charge in [-0.15, -0.1) is 0 Å². The van der Waals surface area contributed by atoms with E-state index in [1.165, 1.54) is 12.1 Å². The normalized spacial score (nSPS) is 13.7. The van der Waals surface area contributed by atoms with Gasteiger partial charge in [0.15, 0.2) is 4.58 Å². The SMILES string of the molecule is C=Cc1cccc(CC(S(=O)(=O)C(F)(F)F)S(=O)(=O)C(F)(F)F)c1OC. The number of ether oxygens (including phenoxy) is 1. The van der Waals surface area contributed by atoms with Crippen LogP contribution in [0.2, 0.25) is 0 Å². The van der Waals surface area contributed by atoms with Gasteiger partial charge in [-0.1, -0.05) is 30.9 Å². The first-order valence-corrected chi connectivity index (χ1v) is 9.59. The van der Waals surface area contributed by atoms with Gasteiger partial charge in [0.1, 0.15) is 5.75 Å². The Hall–Kier alpha value is -1.76. The molecule has 0 fully saturated rings. The molecule has 0 saturated carbocycles. The molecule has 0 unspecified atom stereocenters. The fraction of sp³-hybridized carbons (Fsp3) is 0.385. The molecule has 0 atom stereocenters. The summed E-state index contributed by atoms with van der Waals surface area (Å²) < 4.78 is 124. The molecule has 148 valence electrons. The van der Waals surface area contributed by atoms with E-state index in [2.05, 4.69) is 6.58 Å². The maximum absolute atomic E-state index is 12.8. The van der Waals surface area contributed by atoms with Gasteiger partial charge in [0.2, 0.25) is 0 Å². The van der Waals surface area contributed by atoms with Gasteiger partial charge in [0, 0.05) is 12.0 Å². The summed E-state index contributed by atoms with van der Waals surface area (Å²) in [7, 11) is -12.4. The molecule has 0 saturated heterocycles. The second-order valence-electron chi connectivity index (χ2n) is 4.86. The second-order valence-corrected chi connectivity index (χ2v) is 9.40. The van der Waals surface area contributed by atoms with E-state index < -0.39 is 47.3 Å². The maximum atomic E-state index is 12.8. The van der Waals surface area contributed by atoms with Crippen LogP contribution in [0, 0.1) is 0 Å². The first kappa shape index (κ1) is 22.3. The summed E-state index contributed by atoms with van der Waals surface area (Å²) in [5, 5.41) is 0. The lowest BCUT2D eigenvalue weighted by atomic mass is 10.1. The molecule has 0 radical (unpaired) electrons. The molecule has 0 bridgehead atoms. The monoisotopic (exact) mass is 426 g/mol. The molecule has 0 aliphatic heterocycles. The minimum absolute atomic E-state index is 0.123. The fourth-order valence-electron chi connectivity index (χ4n) is 2.04. The van der Waals surface area contributed by atoms with E-state index in [0.29, 0.717) is 0 Å². The van der Waals surface area contributed by atoms with Crippen molar-refractivity contribution < 1.29 is 47.9 Å². The summed E-state index contributed by atoms with van der Waals surface area (Å²) in [5.41, 5.74) is -12.8. The van der Waals surface area contributed by atoms with E-state index >= 15 is 0 Å². The van der Waals surface area contributed by atoms with Gasteiger partial charge in [-0.05, 0) is 5.56 Å². The summed E-state index contributed by atoms with van der Waals surface area (Å²) in [6, 6.07) is 3.46. The number of methoxy groups -OCH3 is 1. The molecular weight excluding hydrogens is 414 g/mol. The summed E-state index contributed by atoms with van der Waals surface area (Å²) in [4.78, 5) is 0. The van der Waals surface area contributed by atoms with E-state index in [0.717, 1.165) is 19.3 Å². The van der Waals surface area contributed by atoms with Crippen molar-refractivity contribution in [3.05, 3.63) is 35.9 Å². The minimum atomic E-state index is -6.71. The number of hydrogen-bond donors (Lipinski definition) is 0. The third kappa shape index (κ3) is 3.98. The van der Waals surface area contributed by atoms with Gasteiger partial charge in [0.25, 0.3) is 19.7 Å². The van der Waals surface area contributed by atoms with Crippen molar-refractivity contribution in [3.63, 3.8) is 0 Å². The van der Waals surface area contributed by atoms with E-state index in [1.807, 2.05) is 0 Å². The van der Waals surface area contributed by atoms with Crippen molar-refractivity contribution in [2.24, 2.45) is 0 Å². The summed E-state index contributed by atoms with van der Waals surface area (Å²) >= 11 is 0. The molecule has 0 spiro atoms. The summed E-state index contributed by atoms with van der Waals surface area (Å²) in [6.45, 7) is 3.36. The van der Waals surface area contributed by atoms with Crippen LogP contribution < -0.4 is 4.74 Å². The van der Waals surface area contributed by atoms with E-state index in [4.69, 9.17) is 4.74 Å². The van der Waals surface area contributed by atoms with Crippen LogP contribution >= 0.6 is 0 Å². The zero-order valence-electron chi connectivity index (χ0n) is 12.9. The molecular formula is C13H12F6O5S2. The molecule has 13 heteroatoms. The zero-order chi connectivity index (χ0) is 20.6. The average Bonchev–Trinajstić information content (AvgIpc) is 2.49. The highest BCUT2D eigenvalue weighted by Gasteiger charge is 2.62. The predicted octanol–water partition coefficient (Wildman–Crippen LogP) is 3.08. The molecule has 0 aliphatic carbocycles. The number of para-hydroxylation sites is 1. The van der Waals surface area contributed by atoms with Crippen LogP contribution in [0.3, 0.4) is 0 Å². The lowest BCUT2D eigenvalue weighted by molar-refractivity contribution is -0.0471. The topological polar surface area (TPSA) is 77.5 Å². The molecule has 26 heavy (non-hydrogen) atoms. The van der Waals surface area contributed by atoms with Gasteiger partial charge in [-0.2, -0.15) is 26.3 Å². The van der Waals surface area contributed by atoms with E-state index in [1.54, 1.807) is 0 Å². The van der Waals surface area contributed by atoms with Crippen LogP contribution in [0.15, 0.2) is 24.8 Å². The highest BCUT2D eigenvalue weighted by Crippen LogP contribution is 2.39. The number of benzene rings is 1. The lowest BCUT2D eigenvalue weighted by Crippen LogP contribution is -2.46. The van der Waals surface area contributed by atoms with Crippen LogP contribution in [0.25, 0.3) is 6.08 Å². The molecule has 0 heterocycles. The number of halogens is 6. The zero-order valence-corrected chi connectivity index (χ0v) is 14.6. The van der Waals surface area contributed by atoms with Crippen molar-refractivity contribution in [2.45, 2.75) is 22.0 Å². The third-order valence-electron chi connectivity index (χ3n) is 3.28. The number of sulfone groups is 2. The molecule has 0 amide bonds. The smallest absolute Gasteiger partial charge is 0.496 e. The van der Waals surface area contributed by atoms with Crippen LogP contribution in [-0.4, -0.2) is 39.5 Å². The largest absolute Gasteiger partial charge is 0.498 e. The van der Waals surface area contributed by atoms with Gasteiger partial charge < -0.3 is 4.74 Å². The van der Waals surface area contributed by atoms with Gasteiger partial charge in [-0.3, -0.25) is 0 Å². The Morgan fingerprint density at radius 2 is 1.50 bits per heavy atom. The Morgan fingerprint density at radius 3 is 1.85 bits per heavy atom. The summed E-state index contributed by atoms with van der Waals surface area (Å²) in [6.07, 6.45) is -0.470. The molecule has 1 aromatic carbocycles. The lowest BCUT2D eigenvalue weighted by Gasteiger charge is -2.22. The van der Waals surface area contributed by atoms with Gasteiger partial charge >= 0.3 is 11.0 Å². The highest BCUT2D eigenvalue weighted by atomic mass is 32.3. The Balaban J connectivity index is 3.69. The highest BCUT2D eigenvalue weighted by molar-refractivity contribution is 8.09. The number of alkyl halides is 6. The minimum Gasteiger partial charge on any atom is -0.496 e. The second kappa shape index (κ2) is 7.10. The standard InChI is InChI=1S/C13H12F6O5S2/c1-3-8-5-4-6-9(11(8)24-2)7-10(25(20,21)12(14,15)16)26(22,23)13(17,18)19/h3-6,10H,1,7H2,2H3. The van der Waals surface area contributed by atoms with Gasteiger partial charge in [0.05, 0.1) is 7.11 Å². The first-order chi connectivity index (χ1) is 11.6. The van der Waals surface area contributed by atoms with Crippen molar-refractivity contribution in [3.8, 4) is 5.75 Å². The van der Waals surface area contributed by atoms with Crippen molar-refractivity contribution >= 4 is 25.8 Å². The van der Waals surface area contributed by atoms with E-state index in [-0.39, 0.29) is 11.3 Å². The quantitative estimate of drug-likeness (QED) is 0.654. The molecule has 1 aromatic rings. The Morgan fingerprint density at radius 1 is 1.04 bits per heavy atom. The van der Waals surface area contributed by atoms with Crippen LogP contribution in [0.4, 0.5) is 26.3 Å². The number of rotatable bonds is 6. The number of hydrogen-bond acceptors (Lipinski definition) is 5. The molecule has 1 rings (SSSR count). The fourth-order valence-corrected chi connectivity index (χ4v) is 5.42. The Bertz CT molecular complexity index is 841. The van der Waals surface area contributed by atoms with Crippen LogP contribution in [0.5, 0.6) is 5.75 Å². The summed E-state index contributed by atoms with van der Waals surface area (Å²) in [5.74, 6) is -0.290. The van der Waals surface area contributed by atoms with Crippen molar-refractivity contribution in [2.75, 3.05) is 7.11 Å². The molecule has 5 nitrogen and oxygen atoms in total. The van der Waals surface area contributed by atoms with Crippen LogP contribution in [-0.2, 0) is 26.1 Å². The first-order valence-electron chi connectivity index (χ1n) is 6.50. The maximum Gasteiger partial charge on any atom is 0.498 e. The molecule has 0 N–H and O–H groups in total. The molecule has 0 aliphatic rings. The Kier molecular flexibility index (Phi) is 6.08. The predicted molar refractivity (Wildman–Crippen MR) is 80.5 cm³/mol. The Labute approximate surface area is 145 Å². The van der Waals surface area contributed by atoms with Gasteiger partial charge in [-0.25, -0.2) is 16.8 Å². The van der Waals surface area contributed by atoms with Crippen molar-refractivity contribution in [1.82, 2.24) is 0 Å².